The number of carboxylic acids is 1. The van der Waals surface area contributed by atoms with Gasteiger partial charge in [0.05, 0.1) is 6.10 Å². The summed E-state index contributed by atoms with van der Waals surface area (Å²) in [7, 11) is 0. The first-order valence-corrected chi connectivity index (χ1v) is 8.73. The van der Waals surface area contributed by atoms with E-state index >= 15 is 0 Å². The van der Waals surface area contributed by atoms with Gasteiger partial charge in [0.1, 0.15) is 6.04 Å². The number of carbonyl (C=O) groups is 4. The Hall–Kier alpha value is -2.94. The van der Waals surface area contributed by atoms with Gasteiger partial charge >= 0.3 is 23.9 Å². The van der Waals surface area contributed by atoms with Crippen LogP contribution in [0.2, 0.25) is 0 Å². The van der Waals surface area contributed by atoms with Crippen LogP contribution in [0.15, 0.2) is 18.2 Å². The fraction of sp³-hybridized carbons (Fsp3) is 0.474. The molecule has 3 atom stereocenters. The number of ether oxygens (including phenoxy) is 3. The van der Waals surface area contributed by atoms with E-state index in [1.807, 2.05) is 0 Å². The highest BCUT2D eigenvalue weighted by Crippen LogP contribution is 2.34. The smallest absolute Gasteiger partial charge is 0.321 e. The molecule has 0 aliphatic rings. The number of esters is 3. The fourth-order valence-corrected chi connectivity index (χ4v) is 2.60. The molecule has 2 unspecified atom stereocenters. The maximum Gasteiger partial charge on any atom is 0.321 e. The Morgan fingerprint density at radius 2 is 1.64 bits per heavy atom. The summed E-state index contributed by atoms with van der Waals surface area (Å²) in [6.45, 7) is 5.65. The van der Waals surface area contributed by atoms with Gasteiger partial charge in [-0.1, -0.05) is 13.0 Å². The highest BCUT2D eigenvalue weighted by atomic mass is 16.6. The van der Waals surface area contributed by atoms with Crippen molar-refractivity contribution in [1.29, 1.82) is 0 Å². The minimum absolute atomic E-state index is 0.0135. The van der Waals surface area contributed by atoms with Crippen LogP contribution in [0, 0.1) is 0 Å². The van der Waals surface area contributed by atoms with Crippen LogP contribution in [0.4, 0.5) is 0 Å². The molecular weight excluding hydrogens is 370 g/mol. The molecule has 0 heterocycles. The predicted molar refractivity (Wildman–Crippen MR) is 97.9 cm³/mol. The van der Waals surface area contributed by atoms with Crippen LogP contribution in [0.25, 0.3) is 0 Å². The molecule has 9 nitrogen and oxygen atoms in total. The van der Waals surface area contributed by atoms with Gasteiger partial charge in [0.25, 0.3) is 0 Å². The van der Waals surface area contributed by atoms with E-state index < -0.39 is 41.9 Å². The van der Waals surface area contributed by atoms with E-state index in [1.54, 1.807) is 13.8 Å². The molecule has 0 fully saturated rings. The summed E-state index contributed by atoms with van der Waals surface area (Å²) in [6, 6.07) is 3.00. The fourth-order valence-electron chi connectivity index (χ4n) is 2.60. The Balaban J connectivity index is 3.27. The monoisotopic (exact) mass is 395 g/mol. The molecule has 28 heavy (non-hydrogen) atoms. The lowest BCUT2D eigenvalue weighted by molar-refractivity contribution is -0.148. The van der Waals surface area contributed by atoms with Crippen molar-refractivity contribution in [3.05, 3.63) is 23.8 Å². The largest absolute Gasteiger partial charge is 0.480 e. The number of aliphatic carboxylic acids is 1. The Labute approximate surface area is 162 Å². The van der Waals surface area contributed by atoms with Gasteiger partial charge in [-0.25, -0.2) is 0 Å². The van der Waals surface area contributed by atoms with Crippen LogP contribution in [-0.2, 0) is 23.9 Å². The molecular formula is C19H25NO8. The zero-order valence-electron chi connectivity index (χ0n) is 16.3. The highest BCUT2D eigenvalue weighted by molar-refractivity contribution is 5.76. The van der Waals surface area contributed by atoms with Gasteiger partial charge in [0.2, 0.25) is 0 Å². The Morgan fingerprint density at radius 3 is 2.14 bits per heavy atom. The first-order chi connectivity index (χ1) is 13.0. The number of hydrogen-bond acceptors (Lipinski definition) is 8. The molecule has 0 saturated carbocycles. The molecule has 0 aliphatic carbocycles. The second-order valence-corrected chi connectivity index (χ2v) is 6.25. The second kappa shape index (κ2) is 10.4. The van der Waals surface area contributed by atoms with Crippen LogP contribution in [-0.4, -0.2) is 41.1 Å². The normalized spacial score (nSPS) is 13.8. The number of rotatable bonds is 9. The molecule has 0 saturated heterocycles. The van der Waals surface area contributed by atoms with E-state index in [-0.39, 0.29) is 24.3 Å². The van der Waals surface area contributed by atoms with Crippen molar-refractivity contribution in [1.82, 2.24) is 0 Å². The van der Waals surface area contributed by atoms with E-state index in [4.69, 9.17) is 19.9 Å². The van der Waals surface area contributed by atoms with E-state index in [1.165, 1.54) is 32.0 Å². The number of nitrogens with two attached hydrogens (primary N) is 1. The van der Waals surface area contributed by atoms with Crippen LogP contribution in [0.3, 0.4) is 0 Å². The van der Waals surface area contributed by atoms with Crippen molar-refractivity contribution < 1.29 is 38.5 Å². The predicted octanol–water partition coefficient (Wildman–Crippen LogP) is 1.76. The maximum absolute atomic E-state index is 11.5. The third kappa shape index (κ3) is 6.99. The Kier molecular flexibility index (Phi) is 8.59. The van der Waals surface area contributed by atoms with Gasteiger partial charge in [-0.15, -0.1) is 0 Å². The first kappa shape index (κ1) is 23.1. The molecule has 0 amide bonds. The van der Waals surface area contributed by atoms with Gasteiger partial charge in [-0.3, -0.25) is 19.2 Å². The van der Waals surface area contributed by atoms with Gasteiger partial charge < -0.3 is 25.1 Å². The first-order valence-electron chi connectivity index (χ1n) is 8.73. The van der Waals surface area contributed by atoms with Gasteiger partial charge in [-0.05, 0) is 31.0 Å². The minimum atomic E-state index is -1.30. The van der Waals surface area contributed by atoms with Crippen LogP contribution in [0.5, 0.6) is 11.5 Å². The van der Waals surface area contributed by atoms with Crippen LogP contribution < -0.4 is 15.2 Å². The molecule has 0 spiro atoms. The third-order valence-electron chi connectivity index (χ3n) is 3.83. The van der Waals surface area contributed by atoms with Gasteiger partial charge in [0, 0.05) is 26.2 Å². The van der Waals surface area contributed by atoms with Crippen LogP contribution >= 0.6 is 0 Å². The molecule has 1 aromatic carbocycles. The maximum atomic E-state index is 11.5. The lowest BCUT2D eigenvalue weighted by Gasteiger charge is -2.25. The van der Waals surface area contributed by atoms with Crippen LogP contribution in [0.1, 0.15) is 52.0 Å². The van der Waals surface area contributed by atoms with Crippen molar-refractivity contribution in [2.45, 2.75) is 58.6 Å². The van der Waals surface area contributed by atoms with Crippen molar-refractivity contribution in [2.75, 3.05) is 0 Å². The topological polar surface area (TPSA) is 142 Å². The molecule has 9 heteroatoms. The highest BCUT2D eigenvalue weighted by Gasteiger charge is 2.29. The molecule has 3 N–H and O–H groups in total. The number of carboxylic acid groups (broad SMARTS) is 1. The second-order valence-electron chi connectivity index (χ2n) is 6.25. The summed E-state index contributed by atoms with van der Waals surface area (Å²) in [5, 5.41) is 9.36. The molecule has 0 aliphatic heterocycles. The summed E-state index contributed by atoms with van der Waals surface area (Å²) in [5.41, 5.74) is 6.27. The summed E-state index contributed by atoms with van der Waals surface area (Å²) < 4.78 is 15.3. The van der Waals surface area contributed by atoms with Gasteiger partial charge in [0.15, 0.2) is 11.5 Å². The zero-order valence-corrected chi connectivity index (χ0v) is 16.3. The molecule has 0 aromatic heterocycles. The summed E-state index contributed by atoms with van der Waals surface area (Å²) in [5.74, 6) is -3.69. The molecule has 0 bridgehead atoms. The average molecular weight is 395 g/mol. The SMILES string of the molecule is CCC(=O)OC(C)CC(c1ccc(OC(C)=O)c(OC(C)=O)c1)[C@H](N)C(=O)O. The lowest BCUT2D eigenvalue weighted by atomic mass is 9.87. The third-order valence-corrected chi connectivity index (χ3v) is 3.83. The summed E-state index contributed by atoms with van der Waals surface area (Å²) in [4.78, 5) is 45.6. The lowest BCUT2D eigenvalue weighted by Crippen LogP contribution is -2.38. The molecule has 1 aromatic rings. The average Bonchev–Trinajstić information content (AvgIpc) is 2.59. The molecule has 0 radical (unpaired) electrons. The zero-order chi connectivity index (χ0) is 21.4. The molecule has 154 valence electrons. The van der Waals surface area contributed by atoms with Crippen molar-refractivity contribution in [2.24, 2.45) is 5.73 Å². The molecule has 1 rings (SSSR count). The van der Waals surface area contributed by atoms with E-state index in [2.05, 4.69) is 0 Å². The van der Waals surface area contributed by atoms with E-state index in [9.17, 15) is 24.3 Å². The minimum Gasteiger partial charge on any atom is -0.480 e. The van der Waals surface area contributed by atoms with Crippen molar-refractivity contribution in [3.8, 4) is 11.5 Å². The standard InChI is InChI=1S/C19H25NO8/c1-5-17(23)26-10(2)8-14(18(20)19(24)25)13-6-7-15(27-11(3)21)16(9-13)28-12(4)22/h6-7,9-10,14,18H,5,8,20H2,1-4H3,(H,24,25)/t10?,14?,18-/m0/s1. The quantitative estimate of drug-likeness (QED) is 0.472. The number of hydrogen-bond donors (Lipinski definition) is 2. The van der Waals surface area contributed by atoms with E-state index in [0.29, 0.717) is 5.56 Å². The van der Waals surface area contributed by atoms with E-state index in [0.717, 1.165) is 0 Å². The van der Waals surface area contributed by atoms with Crippen molar-refractivity contribution in [3.63, 3.8) is 0 Å². The number of benzene rings is 1. The van der Waals surface area contributed by atoms with Crippen molar-refractivity contribution >= 4 is 23.9 Å². The summed E-state index contributed by atoms with van der Waals surface area (Å²) >= 11 is 0. The van der Waals surface area contributed by atoms with Gasteiger partial charge in [-0.2, -0.15) is 0 Å². The summed E-state index contributed by atoms with van der Waals surface area (Å²) in [6.07, 6.45) is -0.271. The Bertz CT molecular complexity index is 745. The Morgan fingerprint density at radius 1 is 1.07 bits per heavy atom. The number of carbonyl (C=O) groups excluding carboxylic acids is 3.